The van der Waals surface area contributed by atoms with Crippen molar-refractivity contribution in [3.05, 3.63) is 57.3 Å². The summed E-state index contributed by atoms with van der Waals surface area (Å²) in [4.78, 5) is 38.1. The first-order valence-corrected chi connectivity index (χ1v) is 9.84. The number of thiophene rings is 1. The molecule has 0 saturated heterocycles. The first-order valence-electron chi connectivity index (χ1n) is 9.02. The summed E-state index contributed by atoms with van der Waals surface area (Å²) in [5.41, 5.74) is 6.23. The number of hydrogen-bond donors (Lipinski definition) is 2. The van der Waals surface area contributed by atoms with Crippen LogP contribution in [0.25, 0.3) is 0 Å². The maximum Gasteiger partial charge on any atom is 0.349 e. The SMILES string of the molecule is C[C@@H](OC(=O)c1cc2c(s1)CCCCC2)C(=O)NNC(=O)c1ccccc1. The van der Waals surface area contributed by atoms with E-state index in [0.29, 0.717) is 10.4 Å². The number of carbonyl (C=O) groups is 3. The Kier molecular flexibility index (Phi) is 6.24. The summed E-state index contributed by atoms with van der Waals surface area (Å²) >= 11 is 1.45. The predicted octanol–water partition coefficient (Wildman–Crippen LogP) is 3.02. The molecular formula is C20H22N2O4S. The largest absolute Gasteiger partial charge is 0.448 e. The van der Waals surface area contributed by atoms with E-state index in [1.807, 2.05) is 6.07 Å². The summed E-state index contributed by atoms with van der Waals surface area (Å²) in [5.74, 6) is -1.54. The van der Waals surface area contributed by atoms with Crippen LogP contribution in [0.2, 0.25) is 0 Å². The Labute approximate surface area is 161 Å². The maximum atomic E-state index is 12.3. The Morgan fingerprint density at radius 3 is 2.56 bits per heavy atom. The molecule has 0 unspecified atom stereocenters. The lowest BCUT2D eigenvalue weighted by atomic mass is 10.1. The number of amides is 2. The second-order valence-electron chi connectivity index (χ2n) is 6.48. The molecule has 7 heteroatoms. The van der Waals surface area contributed by atoms with E-state index in [4.69, 9.17) is 4.74 Å². The molecule has 2 amide bonds. The fourth-order valence-electron chi connectivity index (χ4n) is 2.92. The minimum absolute atomic E-state index is 0.419. The van der Waals surface area contributed by atoms with Crippen LogP contribution < -0.4 is 10.9 Å². The van der Waals surface area contributed by atoms with Crippen molar-refractivity contribution in [1.29, 1.82) is 0 Å². The smallest absolute Gasteiger partial charge is 0.349 e. The summed E-state index contributed by atoms with van der Waals surface area (Å²) in [7, 11) is 0. The monoisotopic (exact) mass is 386 g/mol. The Morgan fingerprint density at radius 1 is 1.04 bits per heavy atom. The van der Waals surface area contributed by atoms with Crippen molar-refractivity contribution in [2.24, 2.45) is 0 Å². The number of aryl methyl sites for hydroxylation is 2. The van der Waals surface area contributed by atoms with Gasteiger partial charge in [0.25, 0.3) is 11.8 Å². The highest BCUT2D eigenvalue weighted by Crippen LogP contribution is 2.29. The Morgan fingerprint density at radius 2 is 1.78 bits per heavy atom. The Bertz CT molecular complexity index is 808. The average Bonchev–Trinajstić information content (AvgIpc) is 2.97. The maximum absolute atomic E-state index is 12.3. The summed E-state index contributed by atoms with van der Waals surface area (Å²) in [6.45, 7) is 1.47. The van der Waals surface area contributed by atoms with E-state index < -0.39 is 23.9 Å². The van der Waals surface area contributed by atoms with E-state index in [1.54, 1.807) is 30.3 Å². The number of ether oxygens (including phenoxy) is 1. The van der Waals surface area contributed by atoms with E-state index >= 15 is 0 Å². The molecule has 3 rings (SSSR count). The van der Waals surface area contributed by atoms with Crippen LogP contribution in [0, 0.1) is 0 Å². The van der Waals surface area contributed by atoms with Gasteiger partial charge in [0.1, 0.15) is 4.88 Å². The van der Waals surface area contributed by atoms with Crippen molar-refractivity contribution in [3.8, 4) is 0 Å². The summed E-state index contributed by atoms with van der Waals surface area (Å²) < 4.78 is 5.25. The number of carbonyl (C=O) groups excluding carboxylic acids is 3. The number of rotatable bonds is 4. The Balaban J connectivity index is 1.52. The van der Waals surface area contributed by atoms with Crippen molar-refractivity contribution < 1.29 is 19.1 Å². The molecule has 2 N–H and O–H groups in total. The van der Waals surface area contributed by atoms with Crippen LogP contribution in [0.3, 0.4) is 0 Å². The molecule has 142 valence electrons. The van der Waals surface area contributed by atoms with Crippen LogP contribution in [0.15, 0.2) is 36.4 Å². The molecule has 2 aromatic rings. The van der Waals surface area contributed by atoms with Gasteiger partial charge in [0.2, 0.25) is 0 Å². The van der Waals surface area contributed by atoms with Gasteiger partial charge in [0.05, 0.1) is 0 Å². The number of hydrazine groups is 1. The summed E-state index contributed by atoms with van der Waals surface area (Å²) in [6.07, 6.45) is 4.46. The molecule has 0 aliphatic heterocycles. The van der Waals surface area contributed by atoms with E-state index in [0.717, 1.165) is 25.7 Å². The van der Waals surface area contributed by atoms with Gasteiger partial charge >= 0.3 is 5.97 Å². The fourth-order valence-corrected chi connectivity index (χ4v) is 4.06. The molecule has 1 aliphatic carbocycles. The molecule has 6 nitrogen and oxygen atoms in total. The quantitative estimate of drug-likeness (QED) is 0.481. The normalized spacial score (nSPS) is 14.4. The fraction of sp³-hybridized carbons (Fsp3) is 0.350. The van der Waals surface area contributed by atoms with Gasteiger partial charge in [-0.3, -0.25) is 20.4 Å². The third kappa shape index (κ3) is 4.95. The summed E-state index contributed by atoms with van der Waals surface area (Å²) in [5, 5.41) is 0. The lowest BCUT2D eigenvalue weighted by Crippen LogP contribution is -2.46. The number of nitrogens with one attached hydrogen (secondary N) is 2. The molecule has 1 aromatic carbocycles. The first kappa shape index (κ1) is 19.1. The van der Waals surface area contributed by atoms with E-state index in [1.165, 1.54) is 35.1 Å². The van der Waals surface area contributed by atoms with Gasteiger partial charge in [0.15, 0.2) is 6.10 Å². The zero-order valence-corrected chi connectivity index (χ0v) is 15.9. The second-order valence-corrected chi connectivity index (χ2v) is 7.61. The highest BCUT2D eigenvalue weighted by molar-refractivity contribution is 7.14. The van der Waals surface area contributed by atoms with Crippen molar-refractivity contribution in [2.75, 3.05) is 0 Å². The average molecular weight is 386 g/mol. The molecule has 1 aromatic heterocycles. The van der Waals surface area contributed by atoms with Gasteiger partial charge in [-0.05, 0) is 56.4 Å². The van der Waals surface area contributed by atoms with Crippen molar-refractivity contribution in [2.45, 2.75) is 45.1 Å². The van der Waals surface area contributed by atoms with E-state index in [-0.39, 0.29) is 0 Å². The van der Waals surface area contributed by atoms with Crippen LogP contribution in [0.1, 0.15) is 56.7 Å². The molecule has 0 saturated carbocycles. The van der Waals surface area contributed by atoms with Gasteiger partial charge < -0.3 is 4.74 Å². The first-order chi connectivity index (χ1) is 13.0. The van der Waals surface area contributed by atoms with Crippen LogP contribution in [-0.2, 0) is 22.4 Å². The zero-order chi connectivity index (χ0) is 19.2. The van der Waals surface area contributed by atoms with Gasteiger partial charge in [-0.25, -0.2) is 4.79 Å². The van der Waals surface area contributed by atoms with Gasteiger partial charge in [-0.15, -0.1) is 11.3 Å². The standard InChI is InChI=1S/C20H22N2O4S/c1-13(18(23)21-22-19(24)14-8-4-2-5-9-14)26-20(25)17-12-15-10-6-3-7-11-16(15)27-17/h2,4-5,8-9,12-13H,3,6-7,10-11H2,1H3,(H,21,23)(H,22,24)/t13-/m1/s1. The third-order valence-corrected chi connectivity index (χ3v) is 5.65. The second kappa shape index (κ2) is 8.81. The van der Waals surface area contributed by atoms with Crippen molar-refractivity contribution in [3.63, 3.8) is 0 Å². The van der Waals surface area contributed by atoms with Crippen LogP contribution in [0.4, 0.5) is 0 Å². The van der Waals surface area contributed by atoms with Crippen LogP contribution >= 0.6 is 11.3 Å². The van der Waals surface area contributed by atoms with E-state index in [2.05, 4.69) is 10.9 Å². The molecule has 1 aliphatic rings. The number of fused-ring (bicyclic) bond motifs is 1. The van der Waals surface area contributed by atoms with Crippen LogP contribution in [0.5, 0.6) is 0 Å². The van der Waals surface area contributed by atoms with Crippen LogP contribution in [-0.4, -0.2) is 23.9 Å². The van der Waals surface area contributed by atoms with E-state index in [9.17, 15) is 14.4 Å². The Hall–Kier alpha value is -2.67. The van der Waals surface area contributed by atoms with Crippen molar-refractivity contribution >= 4 is 29.1 Å². The summed E-state index contributed by atoms with van der Waals surface area (Å²) in [6, 6.07) is 10.4. The molecule has 1 heterocycles. The molecule has 0 radical (unpaired) electrons. The minimum atomic E-state index is -1.02. The lowest BCUT2D eigenvalue weighted by Gasteiger charge is -2.13. The molecule has 27 heavy (non-hydrogen) atoms. The van der Waals surface area contributed by atoms with Gasteiger partial charge in [0, 0.05) is 10.4 Å². The van der Waals surface area contributed by atoms with Crippen molar-refractivity contribution in [1.82, 2.24) is 10.9 Å². The highest BCUT2D eigenvalue weighted by atomic mass is 32.1. The minimum Gasteiger partial charge on any atom is -0.448 e. The zero-order valence-electron chi connectivity index (χ0n) is 15.1. The van der Waals surface area contributed by atoms with Gasteiger partial charge in [-0.2, -0.15) is 0 Å². The number of esters is 1. The predicted molar refractivity (Wildman–Crippen MR) is 103 cm³/mol. The molecule has 0 fully saturated rings. The highest BCUT2D eigenvalue weighted by Gasteiger charge is 2.22. The number of hydrogen-bond acceptors (Lipinski definition) is 5. The molecule has 1 atom stereocenters. The molecular weight excluding hydrogens is 364 g/mol. The van der Waals surface area contributed by atoms with Gasteiger partial charge in [-0.1, -0.05) is 24.6 Å². The third-order valence-electron chi connectivity index (χ3n) is 4.44. The topological polar surface area (TPSA) is 84.5 Å². The lowest BCUT2D eigenvalue weighted by molar-refractivity contribution is -0.129. The molecule has 0 bridgehead atoms. The molecule has 0 spiro atoms. The number of benzene rings is 1.